The predicted molar refractivity (Wildman–Crippen MR) is 102 cm³/mol. The minimum Gasteiger partial charge on any atom is -0.359 e. The largest absolute Gasteiger partial charge is 0.359 e. The van der Waals surface area contributed by atoms with E-state index in [9.17, 15) is 9.18 Å². The van der Waals surface area contributed by atoms with Gasteiger partial charge in [0.25, 0.3) is 0 Å². The zero-order chi connectivity index (χ0) is 18.1. The van der Waals surface area contributed by atoms with Crippen LogP contribution in [0.15, 0.2) is 36.4 Å². The Hall–Kier alpha value is -2.54. The number of hydrogen-bond donors (Lipinski definition) is 1. The van der Waals surface area contributed by atoms with Crippen LogP contribution in [0.3, 0.4) is 0 Å². The number of amides is 1. The molecule has 1 saturated heterocycles. The lowest BCUT2D eigenvalue weighted by Crippen LogP contribution is -2.39. The summed E-state index contributed by atoms with van der Waals surface area (Å²) in [6.07, 6.45) is 1.66. The molecule has 0 saturated carbocycles. The summed E-state index contributed by atoms with van der Waals surface area (Å²) in [4.78, 5) is 24.2. The third kappa shape index (κ3) is 3.26. The second-order valence-corrected chi connectivity index (χ2v) is 7.36. The molecule has 0 atom stereocenters. The molecule has 3 heterocycles. The third-order valence-corrected chi connectivity index (χ3v) is 5.77. The van der Waals surface area contributed by atoms with Crippen LogP contribution in [0.25, 0.3) is 21.6 Å². The number of carbonyl (C=O) groups is 1. The van der Waals surface area contributed by atoms with Gasteiger partial charge < -0.3 is 10.2 Å². The summed E-state index contributed by atoms with van der Waals surface area (Å²) in [6, 6.07) is 10.3. The van der Waals surface area contributed by atoms with E-state index in [0.717, 1.165) is 52.7 Å². The second kappa shape index (κ2) is 6.99. The van der Waals surface area contributed by atoms with Crippen molar-refractivity contribution in [3.63, 3.8) is 0 Å². The number of pyridine rings is 1. The summed E-state index contributed by atoms with van der Waals surface area (Å²) in [5.41, 5.74) is 2.34. The average molecular weight is 370 g/mol. The van der Waals surface area contributed by atoms with Crippen molar-refractivity contribution in [1.82, 2.24) is 15.3 Å². The first-order valence-electron chi connectivity index (χ1n) is 8.64. The summed E-state index contributed by atoms with van der Waals surface area (Å²) < 4.78 is 13.5. The molecular weight excluding hydrogens is 351 g/mol. The minimum atomic E-state index is -0.270. The molecule has 26 heavy (non-hydrogen) atoms. The maximum absolute atomic E-state index is 13.5. The van der Waals surface area contributed by atoms with E-state index < -0.39 is 0 Å². The predicted octanol–water partition coefficient (Wildman–Crippen LogP) is 3.46. The normalized spacial score (nSPS) is 15.4. The zero-order valence-corrected chi connectivity index (χ0v) is 15.2. The number of hydrogen-bond acceptors (Lipinski definition) is 5. The monoisotopic (exact) mass is 370 g/mol. The van der Waals surface area contributed by atoms with Gasteiger partial charge in [-0.2, -0.15) is 0 Å². The molecule has 1 aromatic carbocycles. The molecule has 0 aliphatic carbocycles. The lowest BCUT2D eigenvalue weighted by molar-refractivity contribution is -0.125. The summed E-state index contributed by atoms with van der Waals surface area (Å²) >= 11 is 1.54. The Morgan fingerprint density at radius 2 is 2.04 bits per heavy atom. The van der Waals surface area contributed by atoms with Crippen LogP contribution < -0.4 is 10.2 Å². The number of benzene rings is 1. The van der Waals surface area contributed by atoms with Gasteiger partial charge in [-0.05, 0) is 37.1 Å². The number of rotatable bonds is 3. The number of anilines is 1. The van der Waals surface area contributed by atoms with Crippen molar-refractivity contribution in [1.29, 1.82) is 0 Å². The first kappa shape index (κ1) is 16.9. The molecule has 3 aromatic rings. The number of fused-ring (bicyclic) bond motifs is 1. The fourth-order valence-corrected chi connectivity index (χ4v) is 4.28. The van der Waals surface area contributed by atoms with Gasteiger partial charge in [-0.15, -0.1) is 0 Å². The number of piperidine rings is 1. The van der Waals surface area contributed by atoms with Gasteiger partial charge in [0.1, 0.15) is 16.2 Å². The first-order chi connectivity index (χ1) is 12.6. The Balaban J connectivity index is 1.56. The van der Waals surface area contributed by atoms with Crippen LogP contribution in [0.2, 0.25) is 0 Å². The molecule has 1 amide bonds. The van der Waals surface area contributed by atoms with Gasteiger partial charge in [0.2, 0.25) is 5.91 Å². The molecule has 7 heteroatoms. The van der Waals surface area contributed by atoms with Crippen LogP contribution in [-0.2, 0) is 4.79 Å². The molecular formula is C19H19FN4OS. The van der Waals surface area contributed by atoms with Gasteiger partial charge in [0.05, 0.1) is 5.69 Å². The molecule has 1 N–H and O–H groups in total. The van der Waals surface area contributed by atoms with E-state index in [1.165, 1.54) is 12.1 Å². The second-order valence-electron chi connectivity index (χ2n) is 6.40. The van der Waals surface area contributed by atoms with E-state index in [-0.39, 0.29) is 17.6 Å². The van der Waals surface area contributed by atoms with Crippen molar-refractivity contribution in [3.8, 4) is 11.3 Å². The Bertz CT molecular complexity index is 950. The fourth-order valence-electron chi connectivity index (χ4n) is 3.29. The van der Waals surface area contributed by atoms with Crippen LogP contribution >= 0.6 is 11.3 Å². The highest BCUT2D eigenvalue weighted by atomic mass is 32.1. The number of halogens is 1. The maximum atomic E-state index is 13.5. The third-order valence-electron chi connectivity index (χ3n) is 4.75. The quantitative estimate of drug-likeness (QED) is 0.767. The molecule has 1 aliphatic rings. The van der Waals surface area contributed by atoms with Crippen molar-refractivity contribution >= 4 is 32.7 Å². The van der Waals surface area contributed by atoms with E-state index >= 15 is 0 Å². The smallest absolute Gasteiger partial charge is 0.222 e. The first-order valence-corrected chi connectivity index (χ1v) is 9.46. The molecule has 134 valence electrons. The summed E-state index contributed by atoms with van der Waals surface area (Å²) in [7, 11) is 1.68. The molecule has 1 aliphatic heterocycles. The van der Waals surface area contributed by atoms with Gasteiger partial charge >= 0.3 is 0 Å². The van der Waals surface area contributed by atoms with Crippen molar-refractivity contribution in [3.05, 3.63) is 42.2 Å². The van der Waals surface area contributed by atoms with Crippen LogP contribution in [0.1, 0.15) is 12.8 Å². The molecule has 2 aromatic heterocycles. The van der Waals surface area contributed by atoms with Gasteiger partial charge in [-0.25, -0.2) is 14.4 Å². The minimum absolute atomic E-state index is 0.0864. The lowest BCUT2D eigenvalue weighted by Gasteiger charge is -2.30. The maximum Gasteiger partial charge on any atom is 0.222 e. The molecule has 0 radical (unpaired) electrons. The Morgan fingerprint density at radius 3 is 2.77 bits per heavy atom. The van der Waals surface area contributed by atoms with Gasteiger partial charge in [-0.1, -0.05) is 23.5 Å². The highest BCUT2D eigenvalue weighted by Crippen LogP contribution is 2.32. The van der Waals surface area contributed by atoms with E-state index in [1.54, 1.807) is 24.5 Å². The van der Waals surface area contributed by atoms with Crippen LogP contribution in [0, 0.1) is 11.7 Å². The molecule has 0 spiro atoms. The highest BCUT2D eigenvalue weighted by Gasteiger charge is 2.25. The number of nitrogens with zero attached hydrogens (tertiary/aromatic N) is 3. The van der Waals surface area contributed by atoms with Gasteiger partial charge in [0, 0.05) is 31.6 Å². The Labute approximate surface area is 154 Å². The molecule has 5 nitrogen and oxygen atoms in total. The van der Waals surface area contributed by atoms with Crippen LogP contribution in [-0.4, -0.2) is 36.0 Å². The summed E-state index contributed by atoms with van der Waals surface area (Å²) in [6.45, 7) is 1.63. The number of thiazole rings is 1. The molecule has 1 fully saturated rings. The number of nitrogens with one attached hydrogen (secondary N) is 1. The molecule has 0 bridgehead atoms. The van der Waals surface area contributed by atoms with Gasteiger partial charge in [0.15, 0.2) is 5.13 Å². The SMILES string of the molecule is CNC(=O)C1CCN(c2nc3ccc(-c4cccc(F)c4)nc3s2)CC1. The lowest BCUT2D eigenvalue weighted by atomic mass is 9.96. The van der Waals surface area contributed by atoms with Crippen LogP contribution in [0.5, 0.6) is 0 Å². The Kier molecular flexibility index (Phi) is 4.55. The highest BCUT2D eigenvalue weighted by molar-refractivity contribution is 7.21. The van der Waals surface area contributed by atoms with Crippen molar-refractivity contribution in [2.45, 2.75) is 12.8 Å². The molecule has 4 rings (SSSR count). The van der Waals surface area contributed by atoms with Crippen molar-refractivity contribution in [2.24, 2.45) is 5.92 Å². The van der Waals surface area contributed by atoms with Crippen molar-refractivity contribution in [2.75, 3.05) is 25.0 Å². The average Bonchev–Trinajstić information content (AvgIpc) is 3.11. The standard InChI is InChI=1S/C19H19FN4OS/c1-21-17(25)12-7-9-24(10-8-12)19-23-16-6-5-15(22-18(16)26-19)13-3-2-4-14(20)11-13/h2-6,11-12H,7-10H2,1H3,(H,21,25). The Morgan fingerprint density at radius 1 is 1.23 bits per heavy atom. The van der Waals surface area contributed by atoms with E-state index in [4.69, 9.17) is 0 Å². The number of aromatic nitrogens is 2. The van der Waals surface area contributed by atoms with E-state index in [2.05, 4.69) is 20.2 Å². The topological polar surface area (TPSA) is 58.1 Å². The summed E-state index contributed by atoms with van der Waals surface area (Å²) in [5.74, 6) is -0.0629. The molecule has 0 unspecified atom stereocenters. The zero-order valence-electron chi connectivity index (χ0n) is 14.4. The van der Waals surface area contributed by atoms with Crippen LogP contribution in [0.4, 0.5) is 9.52 Å². The van der Waals surface area contributed by atoms with Crippen molar-refractivity contribution < 1.29 is 9.18 Å². The summed E-state index contributed by atoms with van der Waals surface area (Å²) in [5, 5.41) is 3.66. The number of carbonyl (C=O) groups excluding carboxylic acids is 1. The fraction of sp³-hybridized carbons (Fsp3) is 0.316. The van der Waals surface area contributed by atoms with E-state index in [1.807, 2.05) is 18.2 Å². The van der Waals surface area contributed by atoms with E-state index in [0.29, 0.717) is 0 Å². The van der Waals surface area contributed by atoms with Gasteiger partial charge in [-0.3, -0.25) is 4.79 Å².